The number of carbonyl (C=O) groups is 1. The van der Waals surface area contributed by atoms with Gasteiger partial charge in [-0.1, -0.05) is 65.5 Å². The summed E-state index contributed by atoms with van der Waals surface area (Å²) in [5.41, 5.74) is 2.31. The number of benzene rings is 1. The summed E-state index contributed by atoms with van der Waals surface area (Å²) in [5.74, 6) is 5.10. The summed E-state index contributed by atoms with van der Waals surface area (Å²) in [4.78, 5) is 24.3. The Balaban J connectivity index is 1.05. The van der Waals surface area contributed by atoms with Crippen molar-refractivity contribution in [2.45, 2.75) is 111 Å². The molecule has 234 valence electrons. The summed E-state index contributed by atoms with van der Waals surface area (Å²) >= 11 is 0. The van der Waals surface area contributed by atoms with E-state index in [-0.39, 0.29) is 24.1 Å². The predicted molar refractivity (Wildman–Crippen MR) is 171 cm³/mol. The number of fused-ring (bicyclic) bond motifs is 6. The van der Waals surface area contributed by atoms with Crippen LogP contribution in [-0.2, 0) is 9.53 Å². The van der Waals surface area contributed by atoms with Crippen LogP contribution in [0.5, 0.6) is 5.75 Å². The summed E-state index contributed by atoms with van der Waals surface area (Å²) in [5, 5.41) is 0.810. The van der Waals surface area contributed by atoms with Gasteiger partial charge in [-0.15, -0.1) is 0 Å². The number of hydrogen-bond donors (Lipinski definition) is 0. The van der Waals surface area contributed by atoms with Gasteiger partial charge in [-0.05, 0) is 109 Å². The Morgan fingerprint density at radius 1 is 1.00 bits per heavy atom. The zero-order chi connectivity index (χ0) is 30.4. The smallest absolute Gasteiger partial charge is 0.344 e. The quantitative estimate of drug-likeness (QED) is 0.166. The van der Waals surface area contributed by atoms with Gasteiger partial charge in [0.1, 0.15) is 17.4 Å². The van der Waals surface area contributed by atoms with Crippen LogP contribution in [0.2, 0.25) is 0 Å². The Morgan fingerprint density at radius 2 is 1.81 bits per heavy atom. The first kappa shape index (κ1) is 30.5. The Kier molecular flexibility index (Phi) is 8.56. The molecular formula is C38H52O5. The van der Waals surface area contributed by atoms with Crippen LogP contribution in [0.15, 0.2) is 51.2 Å². The second kappa shape index (κ2) is 12.1. The van der Waals surface area contributed by atoms with Gasteiger partial charge in [0.15, 0.2) is 6.61 Å². The van der Waals surface area contributed by atoms with Crippen molar-refractivity contribution in [2.24, 2.45) is 46.3 Å². The minimum atomic E-state index is -0.409. The molecule has 0 amide bonds. The van der Waals surface area contributed by atoms with Crippen molar-refractivity contribution in [2.75, 3.05) is 6.61 Å². The first-order chi connectivity index (χ1) is 20.6. The SMILES string of the molecule is CC(C)CCC[C@@H](C)[C@H]1CCC2C3CC=C4C[C@@H](OC(=O)COc5ccc6ccc(=O)oc6c5)CC[C@]4(C)C3CC[C@@]21C. The lowest BCUT2D eigenvalue weighted by Gasteiger charge is -2.58. The zero-order valence-corrected chi connectivity index (χ0v) is 27.0. The summed E-state index contributed by atoms with van der Waals surface area (Å²) in [6.45, 7) is 12.3. The largest absolute Gasteiger partial charge is 0.482 e. The van der Waals surface area contributed by atoms with Crippen LogP contribution in [0.3, 0.4) is 0 Å². The Morgan fingerprint density at radius 3 is 2.63 bits per heavy atom. The lowest BCUT2D eigenvalue weighted by Crippen LogP contribution is -2.51. The van der Waals surface area contributed by atoms with E-state index in [2.05, 4.69) is 40.7 Å². The third kappa shape index (κ3) is 5.94. The molecule has 6 rings (SSSR count). The van der Waals surface area contributed by atoms with Crippen molar-refractivity contribution < 1.29 is 18.7 Å². The standard InChI is InChI=1S/C38H52O5/c1-24(2)7-6-8-25(3)31-14-15-32-30-13-11-27-21-29(17-19-37(27,4)33(30)18-20-38(31,32)5)42-36(40)23-41-28-12-9-26-10-16-35(39)43-34(26)22-28/h9-12,16,22,24-25,29-33H,6-8,13-15,17-21,23H2,1-5H3/t25-,29+,30?,31-,32?,33?,37+,38-/m1/s1. The van der Waals surface area contributed by atoms with Crippen LogP contribution in [0.25, 0.3) is 11.0 Å². The van der Waals surface area contributed by atoms with Crippen LogP contribution >= 0.6 is 0 Å². The molecular weight excluding hydrogens is 536 g/mol. The van der Waals surface area contributed by atoms with Gasteiger partial charge in [0.05, 0.1) is 0 Å². The maximum Gasteiger partial charge on any atom is 0.344 e. The number of allylic oxidation sites excluding steroid dienone is 1. The first-order valence-corrected chi connectivity index (χ1v) is 17.1. The predicted octanol–water partition coefficient (Wildman–Crippen LogP) is 9.13. The van der Waals surface area contributed by atoms with Crippen molar-refractivity contribution in [3.8, 4) is 5.75 Å². The molecule has 1 aromatic heterocycles. The average molecular weight is 589 g/mol. The zero-order valence-electron chi connectivity index (χ0n) is 27.0. The van der Waals surface area contributed by atoms with Crippen LogP contribution < -0.4 is 10.4 Å². The highest BCUT2D eigenvalue weighted by molar-refractivity contribution is 5.78. The molecule has 0 bridgehead atoms. The van der Waals surface area contributed by atoms with Gasteiger partial charge in [0.2, 0.25) is 0 Å². The van der Waals surface area contributed by atoms with Crippen molar-refractivity contribution in [1.82, 2.24) is 0 Å². The third-order valence-corrected chi connectivity index (χ3v) is 12.5. The number of ether oxygens (including phenoxy) is 2. The molecule has 4 aliphatic carbocycles. The maximum absolute atomic E-state index is 12.8. The average Bonchev–Trinajstić information content (AvgIpc) is 3.33. The molecule has 0 aliphatic heterocycles. The molecule has 0 radical (unpaired) electrons. The fourth-order valence-corrected chi connectivity index (χ4v) is 10.2. The molecule has 3 unspecified atom stereocenters. The molecule has 43 heavy (non-hydrogen) atoms. The molecule has 8 atom stereocenters. The van der Waals surface area contributed by atoms with E-state index in [4.69, 9.17) is 13.9 Å². The van der Waals surface area contributed by atoms with Crippen LogP contribution in [0.1, 0.15) is 105 Å². The second-order valence-electron chi connectivity index (χ2n) is 15.4. The second-order valence-corrected chi connectivity index (χ2v) is 15.4. The molecule has 5 heteroatoms. The highest BCUT2D eigenvalue weighted by Crippen LogP contribution is 2.67. The van der Waals surface area contributed by atoms with E-state index in [1.54, 1.807) is 18.2 Å². The molecule has 3 fully saturated rings. The highest BCUT2D eigenvalue weighted by atomic mass is 16.6. The Hall–Kier alpha value is -2.56. The Bertz CT molecular complexity index is 1400. The topological polar surface area (TPSA) is 65.7 Å². The van der Waals surface area contributed by atoms with Crippen molar-refractivity contribution in [3.63, 3.8) is 0 Å². The lowest BCUT2D eigenvalue weighted by molar-refractivity contribution is -0.153. The van der Waals surface area contributed by atoms with E-state index < -0.39 is 5.63 Å². The monoisotopic (exact) mass is 588 g/mol. The molecule has 5 nitrogen and oxygen atoms in total. The summed E-state index contributed by atoms with van der Waals surface area (Å²) in [6, 6.07) is 8.35. The minimum absolute atomic E-state index is 0.0852. The first-order valence-electron chi connectivity index (χ1n) is 17.1. The summed E-state index contributed by atoms with van der Waals surface area (Å²) < 4.78 is 16.9. The van der Waals surface area contributed by atoms with E-state index in [9.17, 15) is 9.59 Å². The van der Waals surface area contributed by atoms with Crippen LogP contribution in [-0.4, -0.2) is 18.7 Å². The van der Waals surface area contributed by atoms with Gasteiger partial charge in [0.25, 0.3) is 0 Å². The van der Waals surface area contributed by atoms with Gasteiger partial charge in [-0.3, -0.25) is 0 Å². The van der Waals surface area contributed by atoms with Crippen LogP contribution in [0.4, 0.5) is 0 Å². The third-order valence-electron chi connectivity index (χ3n) is 12.5. The van der Waals surface area contributed by atoms with Gasteiger partial charge < -0.3 is 13.9 Å². The molecule has 1 aromatic carbocycles. The normalized spacial score (nSPS) is 34.2. The van der Waals surface area contributed by atoms with Gasteiger partial charge in [-0.25, -0.2) is 9.59 Å². The van der Waals surface area contributed by atoms with Gasteiger partial charge in [0, 0.05) is 23.9 Å². The molecule has 1 heterocycles. The fraction of sp³-hybridized carbons (Fsp3) is 0.684. The number of rotatable bonds is 9. The van der Waals surface area contributed by atoms with E-state index >= 15 is 0 Å². The van der Waals surface area contributed by atoms with Crippen molar-refractivity contribution in [1.29, 1.82) is 0 Å². The molecule has 0 spiro atoms. The highest BCUT2D eigenvalue weighted by Gasteiger charge is 2.59. The van der Waals surface area contributed by atoms with Gasteiger partial charge in [-0.2, -0.15) is 0 Å². The molecule has 4 aliphatic rings. The molecule has 2 aromatic rings. The van der Waals surface area contributed by atoms with Crippen molar-refractivity contribution in [3.05, 3.63) is 52.4 Å². The lowest BCUT2D eigenvalue weighted by atomic mass is 9.47. The van der Waals surface area contributed by atoms with Crippen molar-refractivity contribution >= 4 is 16.9 Å². The molecule has 0 saturated heterocycles. The number of hydrogen-bond acceptors (Lipinski definition) is 5. The maximum atomic E-state index is 12.8. The van der Waals surface area contributed by atoms with E-state index in [1.807, 2.05) is 6.07 Å². The fourth-order valence-electron chi connectivity index (χ4n) is 10.2. The molecule has 0 N–H and O–H groups in total. The Labute approximate surface area is 257 Å². The van der Waals surface area contributed by atoms with Gasteiger partial charge >= 0.3 is 11.6 Å². The summed E-state index contributed by atoms with van der Waals surface area (Å²) in [7, 11) is 0. The number of carbonyl (C=O) groups excluding carboxylic acids is 1. The summed E-state index contributed by atoms with van der Waals surface area (Å²) in [6.07, 6.45) is 16.3. The number of esters is 1. The van der Waals surface area contributed by atoms with E-state index in [1.165, 1.54) is 63.0 Å². The van der Waals surface area contributed by atoms with Crippen LogP contribution in [0, 0.1) is 46.3 Å². The molecule has 3 saturated carbocycles. The van der Waals surface area contributed by atoms with E-state index in [0.29, 0.717) is 16.7 Å². The van der Waals surface area contributed by atoms with E-state index in [0.717, 1.165) is 60.2 Å². The minimum Gasteiger partial charge on any atom is -0.482 e.